The van der Waals surface area contributed by atoms with E-state index in [1.807, 2.05) is 29.7 Å². The summed E-state index contributed by atoms with van der Waals surface area (Å²) < 4.78 is 2.03. The zero-order valence-corrected chi connectivity index (χ0v) is 10.3. The van der Waals surface area contributed by atoms with Crippen molar-refractivity contribution >= 4 is 16.8 Å². The Kier molecular flexibility index (Phi) is 2.59. The molecule has 0 unspecified atom stereocenters. The van der Waals surface area contributed by atoms with Gasteiger partial charge in [-0.2, -0.15) is 0 Å². The smallest absolute Gasteiger partial charge is 0.242 e. The number of fused-ring (bicyclic) bond motifs is 1. The van der Waals surface area contributed by atoms with Gasteiger partial charge in [0.1, 0.15) is 6.54 Å². The Balaban J connectivity index is 1.86. The number of para-hydroxylation sites is 1. The molecule has 1 fully saturated rings. The monoisotopic (exact) mass is 244 g/mol. The molecule has 94 valence electrons. The van der Waals surface area contributed by atoms with Crippen LogP contribution in [0.1, 0.15) is 5.69 Å². The van der Waals surface area contributed by atoms with Crippen molar-refractivity contribution in [2.45, 2.75) is 19.6 Å². The van der Waals surface area contributed by atoms with E-state index >= 15 is 0 Å². The van der Waals surface area contributed by atoms with Crippen LogP contribution in [-0.2, 0) is 11.3 Å². The molecule has 18 heavy (non-hydrogen) atoms. The largest absolute Gasteiger partial charge is 0.389 e. The molecule has 2 aromatic rings. The average molecular weight is 244 g/mol. The summed E-state index contributed by atoms with van der Waals surface area (Å²) in [6.45, 7) is 3.30. The van der Waals surface area contributed by atoms with E-state index in [1.165, 1.54) is 0 Å². The zero-order chi connectivity index (χ0) is 12.7. The zero-order valence-electron chi connectivity index (χ0n) is 10.3. The van der Waals surface area contributed by atoms with Gasteiger partial charge < -0.3 is 14.6 Å². The number of aromatic nitrogens is 1. The molecule has 1 saturated heterocycles. The highest BCUT2D eigenvalue weighted by Gasteiger charge is 2.28. The highest BCUT2D eigenvalue weighted by Crippen LogP contribution is 2.20. The summed E-state index contributed by atoms with van der Waals surface area (Å²) in [7, 11) is 0. The number of benzene rings is 1. The number of carbonyl (C=O) groups excluding carboxylic acids is 1. The van der Waals surface area contributed by atoms with Crippen LogP contribution in [0.4, 0.5) is 0 Å². The topological polar surface area (TPSA) is 45.5 Å². The number of nitrogens with zero attached hydrogens (tertiary/aromatic N) is 2. The molecule has 0 saturated carbocycles. The number of rotatable bonds is 2. The Bertz CT molecular complexity index is 597. The van der Waals surface area contributed by atoms with E-state index in [0.717, 1.165) is 16.6 Å². The molecule has 0 bridgehead atoms. The van der Waals surface area contributed by atoms with E-state index in [2.05, 4.69) is 12.1 Å². The van der Waals surface area contributed by atoms with Gasteiger partial charge >= 0.3 is 0 Å². The van der Waals surface area contributed by atoms with Crippen LogP contribution in [0.25, 0.3) is 10.9 Å². The molecular weight excluding hydrogens is 228 g/mol. The Hall–Kier alpha value is -1.81. The van der Waals surface area contributed by atoms with Crippen molar-refractivity contribution in [2.75, 3.05) is 13.1 Å². The summed E-state index contributed by atoms with van der Waals surface area (Å²) in [6, 6.07) is 10.2. The van der Waals surface area contributed by atoms with Crippen LogP contribution in [0, 0.1) is 6.92 Å². The first kappa shape index (κ1) is 11.3. The van der Waals surface area contributed by atoms with Gasteiger partial charge in [-0.05, 0) is 24.4 Å². The molecule has 4 nitrogen and oxygen atoms in total. The maximum Gasteiger partial charge on any atom is 0.242 e. The van der Waals surface area contributed by atoms with E-state index in [0.29, 0.717) is 19.6 Å². The molecular formula is C14H16N2O2. The Morgan fingerprint density at radius 2 is 2.11 bits per heavy atom. The van der Waals surface area contributed by atoms with Gasteiger partial charge in [0.15, 0.2) is 0 Å². The summed E-state index contributed by atoms with van der Waals surface area (Å²) >= 11 is 0. The highest BCUT2D eigenvalue weighted by molar-refractivity contribution is 5.84. The first-order valence-corrected chi connectivity index (χ1v) is 6.16. The van der Waals surface area contributed by atoms with Crippen LogP contribution in [0.15, 0.2) is 30.3 Å². The first-order chi connectivity index (χ1) is 8.65. The number of hydrogen-bond donors (Lipinski definition) is 1. The Morgan fingerprint density at radius 3 is 2.83 bits per heavy atom. The van der Waals surface area contributed by atoms with Gasteiger partial charge in [0.2, 0.25) is 5.91 Å². The fraction of sp³-hybridized carbons (Fsp3) is 0.357. The Morgan fingerprint density at radius 1 is 1.39 bits per heavy atom. The second kappa shape index (κ2) is 4.14. The lowest BCUT2D eigenvalue weighted by Gasteiger charge is -2.36. The average Bonchev–Trinajstić information content (AvgIpc) is 2.62. The number of hydrogen-bond acceptors (Lipinski definition) is 2. The summed E-state index contributed by atoms with van der Waals surface area (Å²) in [5, 5.41) is 10.4. The molecule has 1 aliphatic rings. The molecule has 0 spiro atoms. The fourth-order valence-electron chi connectivity index (χ4n) is 2.45. The molecule has 1 aromatic heterocycles. The van der Waals surface area contributed by atoms with Crippen molar-refractivity contribution in [3.63, 3.8) is 0 Å². The van der Waals surface area contributed by atoms with Crippen LogP contribution >= 0.6 is 0 Å². The lowest BCUT2D eigenvalue weighted by molar-refractivity contribution is -0.141. The first-order valence-electron chi connectivity index (χ1n) is 6.16. The minimum Gasteiger partial charge on any atom is -0.389 e. The van der Waals surface area contributed by atoms with Gasteiger partial charge in [-0.1, -0.05) is 18.2 Å². The molecule has 1 N–H and O–H groups in total. The molecule has 0 aliphatic carbocycles. The third kappa shape index (κ3) is 1.78. The third-order valence-corrected chi connectivity index (χ3v) is 3.53. The van der Waals surface area contributed by atoms with E-state index in [-0.39, 0.29) is 12.0 Å². The number of aryl methyl sites for hydroxylation is 1. The van der Waals surface area contributed by atoms with E-state index in [1.54, 1.807) is 4.90 Å². The Labute approximate surface area is 105 Å². The molecule has 0 radical (unpaired) electrons. The molecule has 4 heteroatoms. The van der Waals surface area contributed by atoms with Gasteiger partial charge in [0.05, 0.1) is 6.10 Å². The van der Waals surface area contributed by atoms with Crippen LogP contribution in [-0.4, -0.2) is 39.7 Å². The highest BCUT2D eigenvalue weighted by atomic mass is 16.3. The number of carbonyl (C=O) groups is 1. The van der Waals surface area contributed by atoms with Crippen LogP contribution in [0.2, 0.25) is 0 Å². The number of amides is 1. The predicted octanol–water partition coefficient (Wildman–Crippen LogP) is 1.15. The quantitative estimate of drug-likeness (QED) is 0.861. The molecule has 3 rings (SSSR count). The van der Waals surface area contributed by atoms with E-state index in [4.69, 9.17) is 0 Å². The van der Waals surface area contributed by atoms with E-state index in [9.17, 15) is 9.90 Å². The normalized spacial score (nSPS) is 16.0. The lowest BCUT2D eigenvalue weighted by Crippen LogP contribution is -2.54. The summed E-state index contributed by atoms with van der Waals surface area (Å²) in [6.07, 6.45) is -0.337. The van der Waals surface area contributed by atoms with Crippen LogP contribution in [0.3, 0.4) is 0 Å². The van der Waals surface area contributed by atoms with Gasteiger partial charge in [-0.3, -0.25) is 4.79 Å². The molecule has 0 atom stereocenters. The number of aliphatic hydroxyl groups is 1. The predicted molar refractivity (Wildman–Crippen MR) is 69.3 cm³/mol. The SMILES string of the molecule is Cc1cc2ccccc2n1CC(=O)N1CC(O)C1. The minimum atomic E-state index is -0.337. The van der Waals surface area contributed by atoms with Crippen molar-refractivity contribution in [2.24, 2.45) is 0 Å². The molecule has 1 amide bonds. The summed E-state index contributed by atoms with van der Waals surface area (Å²) in [5.41, 5.74) is 2.18. The molecule has 2 heterocycles. The second-order valence-corrected chi connectivity index (χ2v) is 4.88. The van der Waals surface area contributed by atoms with Crippen LogP contribution < -0.4 is 0 Å². The van der Waals surface area contributed by atoms with Gasteiger partial charge in [-0.15, -0.1) is 0 Å². The minimum absolute atomic E-state index is 0.0738. The van der Waals surface area contributed by atoms with Crippen molar-refractivity contribution < 1.29 is 9.90 Å². The number of β-amino-alcohol motifs (C(OH)–C–C–N with tert-alkyl or cyclic N) is 1. The lowest BCUT2D eigenvalue weighted by atomic mass is 10.2. The van der Waals surface area contributed by atoms with Crippen molar-refractivity contribution in [3.8, 4) is 0 Å². The maximum absolute atomic E-state index is 12.0. The summed E-state index contributed by atoms with van der Waals surface area (Å²) in [5.74, 6) is 0.0738. The van der Waals surface area contributed by atoms with Gasteiger partial charge in [-0.25, -0.2) is 0 Å². The maximum atomic E-state index is 12.0. The van der Waals surface area contributed by atoms with Gasteiger partial charge in [0.25, 0.3) is 0 Å². The number of aliphatic hydroxyl groups excluding tert-OH is 1. The molecule has 1 aromatic carbocycles. The standard InChI is InChI=1S/C14H16N2O2/c1-10-6-11-4-2-3-5-13(11)16(10)9-14(18)15-7-12(17)8-15/h2-6,12,17H,7-9H2,1H3. The fourth-order valence-corrected chi connectivity index (χ4v) is 2.45. The summed E-state index contributed by atoms with van der Waals surface area (Å²) in [4.78, 5) is 13.7. The second-order valence-electron chi connectivity index (χ2n) is 4.88. The van der Waals surface area contributed by atoms with Crippen LogP contribution in [0.5, 0.6) is 0 Å². The number of likely N-dealkylation sites (tertiary alicyclic amines) is 1. The van der Waals surface area contributed by atoms with Crippen molar-refractivity contribution in [3.05, 3.63) is 36.0 Å². The van der Waals surface area contributed by atoms with Crippen molar-refractivity contribution in [1.29, 1.82) is 0 Å². The molecule has 1 aliphatic heterocycles. The third-order valence-electron chi connectivity index (χ3n) is 3.53. The van der Waals surface area contributed by atoms with E-state index < -0.39 is 0 Å². The van der Waals surface area contributed by atoms with Gasteiger partial charge in [0, 0.05) is 24.3 Å². The van der Waals surface area contributed by atoms with Crippen molar-refractivity contribution in [1.82, 2.24) is 9.47 Å².